The Kier molecular flexibility index (Phi) is 5.48. The van der Waals surface area contributed by atoms with Crippen molar-refractivity contribution < 1.29 is 0 Å². The van der Waals surface area contributed by atoms with Crippen LogP contribution in [-0.2, 0) is 6.54 Å². The van der Waals surface area contributed by atoms with Crippen molar-refractivity contribution in [2.24, 2.45) is 17.6 Å². The molecule has 17 heavy (non-hydrogen) atoms. The largest absolute Gasteiger partial charge is 0.330 e. The van der Waals surface area contributed by atoms with Crippen LogP contribution in [0.4, 0.5) is 0 Å². The minimum absolute atomic E-state index is 0.742. The average molecular weight is 317 g/mol. The highest BCUT2D eigenvalue weighted by Gasteiger charge is 2.23. The zero-order valence-electron chi connectivity index (χ0n) is 10.1. The summed E-state index contributed by atoms with van der Waals surface area (Å²) in [5.74, 6) is 1.53. The standard InChI is InChI=1S/C13H21BrN2S/c14-12-5-13(17-9-12)8-16-7-11-4-2-1-3-10(11)6-15/h5,9-11,16H,1-4,6-8,15H2. The molecule has 2 unspecified atom stereocenters. The first-order valence-electron chi connectivity index (χ1n) is 6.43. The minimum Gasteiger partial charge on any atom is -0.330 e. The van der Waals surface area contributed by atoms with Crippen LogP contribution in [0, 0.1) is 11.8 Å². The molecule has 0 bridgehead atoms. The quantitative estimate of drug-likeness (QED) is 0.874. The summed E-state index contributed by atoms with van der Waals surface area (Å²) in [4.78, 5) is 1.40. The Balaban J connectivity index is 1.73. The molecule has 0 radical (unpaired) electrons. The number of hydrogen-bond acceptors (Lipinski definition) is 3. The lowest BCUT2D eigenvalue weighted by atomic mass is 9.79. The van der Waals surface area contributed by atoms with Gasteiger partial charge in [-0.15, -0.1) is 11.3 Å². The van der Waals surface area contributed by atoms with Gasteiger partial charge in [0.25, 0.3) is 0 Å². The van der Waals surface area contributed by atoms with E-state index in [1.807, 2.05) is 11.3 Å². The lowest BCUT2D eigenvalue weighted by Gasteiger charge is -2.30. The van der Waals surface area contributed by atoms with E-state index in [4.69, 9.17) is 5.73 Å². The van der Waals surface area contributed by atoms with E-state index in [-0.39, 0.29) is 0 Å². The smallest absolute Gasteiger partial charge is 0.0300 e. The number of nitrogens with two attached hydrogens (primary N) is 1. The van der Waals surface area contributed by atoms with Crippen LogP contribution in [0.25, 0.3) is 0 Å². The van der Waals surface area contributed by atoms with Crippen LogP contribution >= 0.6 is 27.3 Å². The van der Waals surface area contributed by atoms with Gasteiger partial charge in [0.2, 0.25) is 0 Å². The highest BCUT2D eigenvalue weighted by Crippen LogP contribution is 2.28. The first-order valence-corrected chi connectivity index (χ1v) is 8.10. The zero-order chi connectivity index (χ0) is 12.1. The fraction of sp³-hybridized carbons (Fsp3) is 0.692. The topological polar surface area (TPSA) is 38.0 Å². The summed E-state index contributed by atoms with van der Waals surface area (Å²) in [6.45, 7) is 2.97. The molecule has 4 heteroatoms. The minimum atomic E-state index is 0.742. The van der Waals surface area contributed by atoms with Crippen LogP contribution in [0.1, 0.15) is 30.6 Å². The molecule has 0 amide bonds. The molecule has 0 saturated heterocycles. The summed E-state index contributed by atoms with van der Waals surface area (Å²) in [5.41, 5.74) is 5.85. The van der Waals surface area contributed by atoms with Crippen LogP contribution in [0.15, 0.2) is 15.9 Å². The van der Waals surface area contributed by atoms with Crippen molar-refractivity contribution in [3.63, 3.8) is 0 Å². The normalized spacial score (nSPS) is 25.1. The Labute approximate surface area is 116 Å². The first-order chi connectivity index (χ1) is 8.29. The van der Waals surface area contributed by atoms with Gasteiger partial charge in [-0.05, 0) is 59.8 Å². The number of hydrogen-bond donors (Lipinski definition) is 2. The SMILES string of the molecule is NCC1CCCCC1CNCc1cc(Br)cs1. The second kappa shape index (κ2) is 6.88. The van der Waals surface area contributed by atoms with Crippen molar-refractivity contribution in [1.29, 1.82) is 0 Å². The number of thiophene rings is 1. The van der Waals surface area contributed by atoms with Crippen LogP contribution in [0.5, 0.6) is 0 Å². The van der Waals surface area contributed by atoms with Gasteiger partial charge in [0.1, 0.15) is 0 Å². The fourth-order valence-electron chi connectivity index (χ4n) is 2.69. The molecule has 96 valence electrons. The number of nitrogens with one attached hydrogen (secondary N) is 1. The number of rotatable bonds is 5. The molecule has 2 nitrogen and oxygen atoms in total. The van der Waals surface area contributed by atoms with Gasteiger partial charge in [-0.2, -0.15) is 0 Å². The Morgan fingerprint density at radius 1 is 1.35 bits per heavy atom. The molecule has 1 aromatic heterocycles. The van der Waals surface area contributed by atoms with Gasteiger partial charge < -0.3 is 11.1 Å². The van der Waals surface area contributed by atoms with Crippen molar-refractivity contribution >= 4 is 27.3 Å². The van der Waals surface area contributed by atoms with Crippen LogP contribution in [0.3, 0.4) is 0 Å². The molecule has 2 rings (SSSR count). The van der Waals surface area contributed by atoms with Gasteiger partial charge in [0.05, 0.1) is 0 Å². The van der Waals surface area contributed by atoms with E-state index in [0.29, 0.717) is 0 Å². The fourth-order valence-corrected chi connectivity index (χ4v) is 4.11. The summed E-state index contributed by atoms with van der Waals surface area (Å²) >= 11 is 5.30. The van der Waals surface area contributed by atoms with Gasteiger partial charge in [-0.25, -0.2) is 0 Å². The third-order valence-electron chi connectivity index (χ3n) is 3.70. The maximum Gasteiger partial charge on any atom is 0.0300 e. The molecule has 1 fully saturated rings. The van der Waals surface area contributed by atoms with Crippen molar-refractivity contribution in [3.8, 4) is 0 Å². The van der Waals surface area contributed by atoms with E-state index >= 15 is 0 Å². The van der Waals surface area contributed by atoms with Gasteiger partial charge >= 0.3 is 0 Å². The zero-order valence-corrected chi connectivity index (χ0v) is 12.5. The molecule has 1 aliphatic rings. The first kappa shape index (κ1) is 13.5. The maximum atomic E-state index is 5.85. The maximum absolute atomic E-state index is 5.85. The van der Waals surface area contributed by atoms with Crippen molar-refractivity contribution in [1.82, 2.24) is 5.32 Å². The van der Waals surface area contributed by atoms with E-state index in [9.17, 15) is 0 Å². The lowest BCUT2D eigenvalue weighted by molar-refractivity contribution is 0.236. The Hall–Kier alpha value is 0.1000. The highest BCUT2D eigenvalue weighted by molar-refractivity contribution is 9.10. The Morgan fingerprint density at radius 2 is 2.12 bits per heavy atom. The van der Waals surface area contributed by atoms with E-state index in [0.717, 1.165) is 31.5 Å². The van der Waals surface area contributed by atoms with Gasteiger partial charge in [-0.1, -0.05) is 12.8 Å². The van der Waals surface area contributed by atoms with Crippen LogP contribution in [0.2, 0.25) is 0 Å². The van der Waals surface area contributed by atoms with E-state index in [1.165, 1.54) is 35.0 Å². The van der Waals surface area contributed by atoms with Crippen molar-refractivity contribution in [2.75, 3.05) is 13.1 Å². The molecule has 1 saturated carbocycles. The average Bonchev–Trinajstić information content (AvgIpc) is 2.76. The van der Waals surface area contributed by atoms with Crippen LogP contribution < -0.4 is 11.1 Å². The van der Waals surface area contributed by atoms with Gasteiger partial charge in [-0.3, -0.25) is 0 Å². The second-order valence-electron chi connectivity index (χ2n) is 4.90. The molecule has 0 spiro atoms. The molecule has 3 N–H and O–H groups in total. The lowest BCUT2D eigenvalue weighted by Crippen LogP contribution is -2.34. The van der Waals surface area contributed by atoms with Crippen molar-refractivity contribution in [3.05, 3.63) is 20.8 Å². The van der Waals surface area contributed by atoms with Crippen LogP contribution in [-0.4, -0.2) is 13.1 Å². The molecule has 1 aromatic rings. The Morgan fingerprint density at radius 3 is 2.76 bits per heavy atom. The summed E-state index contributed by atoms with van der Waals surface area (Å²) < 4.78 is 1.19. The molecule has 0 aliphatic heterocycles. The predicted molar refractivity (Wildman–Crippen MR) is 78.2 cm³/mol. The third-order valence-corrected chi connectivity index (χ3v) is 5.39. The summed E-state index contributed by atoms with van der Waals surface area (Å²) in [7, 11) is 0. The molecular weight excluding hydrogens is 296 g/mol. The van der Waals surface area contributed by atoms with E-state index in [1.54, 1.807) is 0 Å². The summed E-state index contributed by atoms with van der Waals surface area (Å²) in [6, 6.07) is 2.19. The summed E-state index contributed by atoms with van der Waals surface area (Å²) in [5, 5.41) is 5.72. The molecule has 1 heterocycles. The second-order valence-corrected chi connectivity index (χ2v) is 6.81. The highest BCUT2D eigenvalue weighted by atomic mass is 79.9. The van der Waals surface area contributed by atoms with Crippen molar-refractivity contribution in [2.45, 2.75) is 32.2 Å². The van der Waals surface area contributed by atoms with Gasteiger partial charge in [0, 0.05) is 21.3 Å². The molecule has 0 aromatic carbocycles. The molecule has 2 atom stereocenters. The summed E-state index contributed by atoms with van der Waals surface area (Å²) in [6.07, 6.45) is 5.43. The number of halogens is 1. The molecule has 1 aliphatic carbocycles. The monoisotopic (exact) mass is 316 g/mol. The van der Waals surface area contributed by atoms with E-state index in [2.05, 4.69) is 32.7 Å². The molecular formula is C13H21BrN2S. The van der Waals surface area contributed by atoms with Gasteiger partial charge in [0.15, 0.2) is 0 Å². The third kappa shape index (κ3) is 4.05. The predicted octanol–water partition coefficient (Wildman–Crippen LogP) is 3.37. The van der Waals surface area contributed by atoms with E-state index < -0.39 is 0 Å². The Bertz CT molecular complexity index is 340.